The van der Waals surface area contributed by atoms with Gasteiger partial charge in [-0.3, -0.25) is 25.0 Å². The topological polar surface area (TPSA) is 124 Å². The molecule has 0 aromatic carbocycles. The minimum absolute atomic E-state index is 0.00845. The smallest absolute Gasteiger partial charge is 0.303 e. The normalized spacial score (nSPS) is 12.2. The molecule has 0 fully saturated rings. The summed E-state index contributed by atoms with van der Waals surface area (Å²) in [7, 11) is 0. The molecule has 0 atom stereocenters. The fourth-order valence-corrected chi connectivity index (χ4v) is 2.50. The van der Waals surface area contributed by atoms with Crippen LogP contribution in [0.5, 0.6) is 0 Å². The number of hydrogen-bond donors (Lipinski definition) is 1. The van der Waals surface area contributed by atoms with E-state index in [2.05, 4.69) is 6.92 Å². The van der Waals surface area contributed by atoms with Crippen LogP contribution >= 0.6 is 0 Å². The van der Waals surface area contributed by atoms with Gasteiger partial charge in [0.2, 0.25) is 11.4 Å². The van der Waals surface area contributed by atoms with Crippen LogP contribution in [-0.4, -0.2) is 20.9 Å². The van der Waals surface area contributed by atoms with E-state index >= 15 is 0 Å². The number of unbranched alkanes of at least 4 members (excludes halogenated alkanes) is 7. The van der Waals surface area contributed by atoms with Gasteiger partial charge in [0.05, 0.1) is 16.3 Å². The third-order valence-electron chi connectivity index (χ3n) is 4.03. The van der Waals surface area contributed by atoms with Crippen LogP contribution in [0.25, 0.3) is 0 Å². The molecule has 0 saturated carbocycles. The van der Waals surface area contributed by atoms with Crippen LogP contribution < -0.4 is 0 Å². The van der Waals surface area contributed by atoms with Gasteiger partial charge >= 0.3 is 5.97 Å². The monoisotopic (exact) mass is 370 g/mol. The highest BCUT2D eigenvalue weighted by atomic mass is 16.6. The van der Waals surface area contributed by atoms with Gasteiger partial charge in [0.1, 0.15) is 0 Å². The Bertz CT molecular complexity index is 514. The summed E-state index contributed by atoms with van der Waals surface area (Å²) >= 11 is 0. The summed E-state index contributed by atoms with van der Waals surface area (Å²) in [6.45, 7) is 2.05. The number of rotatable bonds is 16. The van der Waals surface area contributed by atoms with E-state index in [1.165, 1.54) is 6.08 Å². The van der Waals surface area contributed by atoms with Crippen molar-refractivity contribution < 1.29 is 19.7 Å². The molecule has 0 aromatic rings. The first-order valence-corrected chi connectivity index (χ1v) is 9.27. The van der Waals surface area contributed by atoms with Gasteiger partial charge in [0.25, 0.3) is 0 Å². The fraction of sp³-hybridized carbons (Fsp3) is 0.722. The third kappa shape index (κ3) is 13.1. The van der Waals surface area contributed by atoms with E-state index in [9.17, 15) is 25.0 Å². The minimum Gasteiger partial charge on any atom is -0.481 e. The predicted octanol–water partition coefficient (Wildman–Crippen LogP) is 5.09. The Morgan fingerprint density at radius 3 is 1.96 bits per heavy atom. The molecule has 0 bridgehead atoms. The van der Waals surface area contributed by atoms with Crippen molar-refractivity contribution in [3.8, 4) is 0 Å². The molecule has 0 aliphatic carbocycles. The first-order chi connectivity index (χ1) is 12.4. The van der Waals surface area contributed by atoms with Crippen molar-refractivity contribution in [2.24, 2.45) is 0 Å². The van der Waals surface area contributed by atoms with Crippen LogP contribution in [0.4, 0.5) is 0 Å². The van der Waals surface area contributed by atoms with E-state index < -0.39 is 15.8 Å². The molecular formula is C18H30N2O6. The lowest BCUT2D eigenvalue weighted by Gasteiger charge is -2.01. The number of nitrogens with zero attached hydrogens (tertiary/aromatic N) is 2. The minimum atomic E-state index is -0.812. The summed E-state index contributed by atoms with van der Waals surface area (Å²) < 4.78 is 0. The van der Waals surface area contributed by atoms with Gasteiger partial charge in [-0.15, -0.1) is 0 Å². The Labute approximate surface area is 154 Å². The molecule has 0 heterocycles. The zero-order valence-corrected chi connectivity index (χ0v) is 15.5. The average molecular weight is 370 g/mol. The standard InChI is InChI=1S/C18H30N2O6/c1-2-3-4-8-11-16(19(23)24)14-15-17(20(25)26)12-9-6-5-7-10-13-18(21)22/h11,15H,2-10,12-14H2,1H3,(H,21,22)/b16-11+,17-15+. The van der Waals surface area contributed by atoms with Crippen LogP contribution in [0.15, 0.2) is 23.5 Å². The van der Waals surface area contributed by atoms with Crippen LogP contribution in [-0.2, 0) is 4.79 Å². The van der Waals surface area contributed by atoms with E-state index in [0.717, 1.165) is 38.5 Å². The second-order valence-electron chi connectivity index (χ2n) is 6.27. The molecular weight excluding hydrogens is 340 g/mol. The largest absolute Gasteiger partial charge is 0.481 e. The van der Waals surface area contributed by atoms with Gasteiger partial charge in [-0.05, 0) is 37.8 Å². The van der Waals surface area contributed by atoms with E-state index in [1.807, 2.05) is 0 Å². The zero-order valence-electron chi connectivity index (χ0n) is 15.5. The lowest BCUT2D eigenvalue weighted by atomic mass is 10.1. The predicted molar refractivity (Wildman–Crippen MR) is 98.9 cm³/mol. The van der Waals surface area contributed by atoms with Crippen molar-refractivity contribution in [3.05, 3.63) is 43.8 Å². The number of allylic oxidation sites excluding steroid dienone is 3. The lowest BCUT2D eigenvalue weighted by molar-refractivity contribution is -0.432. The highest BCUT2D eigenvalue weighted by Gasteiger charge is 2.14. The average Bonchev–Trinajstić information content (AvgIpc) is 2.57. The second kappa shape index (κ2) is 15.0. The number of carboxylic acid groups (broad SMARTS) is 1. The summed E-state index contributed by atoms with van der Waals surface area (Å²) in [4.78, 5) is 31.6. The molecule has 0 rings (SSSR count). The lowest BCUT2D eigenvalue weighted by Crippen LogP contribution is -2.02. The number of carboxylic acids is 1. The summed E-state index contributed by atoms with van der Waals surface area (Å²) in [6, 6.07) is 0. The van der Waals surface area contributed by atoms with E-state index in [4.69, 9.17) is 5.11 Å². The van der Waals surface area contributed by atoms with Crippen LogP contribution in [0.3, 0.4) is 0 Å². The highest BCUT2D eigenvalue weighted by molar-refractivity contribution is 5.66. The summed E-state index contributed by atoms with van der Waals surface area (Å²) in [6.07, 6.45) is 10.4. The van der Waals surface area contributed by atoms with Crippen molar-refractivity contribution in [3.63, 3.8) is 0 Å². The zero-order chi connectivity index (χ0) is 19.8. The maximum absolute atomic E-state index is 11.1. The third-order valence-corrected chi connectivity index (χ3v) is 4.03. The molecule has 0 amide bonds. The first-order valence-electron chi connectivity index (χ1n) is 9.27. The van der Waals surface area contributed by atoms with Crippen LogP contribution in [0, 0.1) is 20.2 Å². The summed E-state index contributed by atoms with van der Waals surface area (Å²) in [5, 5.41) is 30.7. The Kier molecular flexibility index (Phi) is 13.7. The Morgan fingerprint density at radius 2 is 1.42 bits per heavy atom. The number of hydrogen-bond acceptors (Lipinski definition) is 5. The molecule has 1 N–H and O–H groups in total. The number of carbonyl (C=O) groups is 1. The molecule has 0 spiro atoms. The molecule has 0 radical (unpaired) electrons. The molecule has 0 unspecified atom stereocenters. The molecule has 8 heteroatoms. The highest BCUT2D eigenvalue weighted by Crippen LogP contribution is 2.16. The molecule has 26 heavy (non-hydrogen) atoms. The fourth-order valence-electron chi connectivity index (χ4n) is 2.50. The maximum atomic E-state index is 11.1. The second-order valence-corrected chi connectivity index (χ2v) is 6.27. The summed E-state index contributed by atoms with van der Waals surface area (Å²) in [5.74, 6) is -0.812. The van der Waals surface area contributed by atoms with Crippen molar-refractivity contribution in [2.45, 2.75) is 84.0 Å². The van der Waals surface area contributed by atoms with Gasteiger partial charge < -0.3 is 5.11 Å². The molecule has 0 aromatic heterocycles. The van der Waals surface area contributed by atoms with Crippen molar-refractivity contribution in [2.75, 3.05) is 0 Å². The molecule has 8 nitrogen and oxygen atoms in total. The Hall–Kier alpha value is -2.25. The van der Waals surface area contributed by atoms with Crippen molar-refractivity contribution in [1.29, 1.82) is 0 Å². The Morgan fingerprint density at radius 1 is 0.846 bits per heavy atom. The van der Waals surface area contributed by atoms with Gasteiger partial charge in [-0.1, -0.05) is 39.0 Å². The molecule has 0 aliphatic heterocycles. The van der Waals surface area contributed by atoms with Gasteiger partial charge in [0, 0.05) is 12.8 Å². The van der Waals surface area contributed by atoms with Gasteiger partial charge in [-0.2, -0.15) is 0 Å². The molecule has 0 saturated heterocycles. The Balaban J connectivity index is 4.37. The SMILES string of the molecule is CCCCC/C=C(\C/C=C(\CCCCCCCC(=O)O)[N+](=O)[O-])[N+](=O)[O-]. The summed E-state index contributed by atoms with van der Waals surface area (Å²) in [5.41, 5.74) is 0.0194. The first kappa shape index (κ1) is 23.8. The molecule has 148 valence electrons. The van der Waals surface area contributed by atoms with Gasteiger partial charge in [-0.25, -0.2) is 0 Å². The van der Waals surface area contributed by atoms with E-state index in [1.54, 1.807) is 6.08 Å². The quantitative estimate of drug-likeness (QED) is 0.229. The van der Waals surface area contributed by atoms with E-state index in [-0.39, 0.29) is 30.7 Å². The van der Waals surface area contributed by atoms with Crippen LogP contribution in [0.2, 0.25) is 0 Å². The van der Waals surface area contributed by atoms with Gasteiger partial charge in [0.15, 0.2) is 0 Å². The maximum Gasteiger partial charge on any atom is 0.303 e. The van der Waals surface area contributed by atoms with Crippen molar-refractivity contribution in [1.82, 2.24) is 0 Å². The number of aliphatic carboxylic acids is 1. The van der Waals surface area contributed by atoms with E-state index in [0.29, 0.717) is 19.3 Å². The molecule has 0 aliphatic rings. The van der Waals surface area contributed by atoms with Crippen molar-refractivity contribution >= 4 is 5.97 Å². The van der Waals surface area contributed by atoms with Crippen LogP contribution in [0.1, 0.15) is 84.0 Å². The number of nitro groups is 2.